The van der Waals surface area contributed by atoms with Crippen LogP contribution in [-0.2, 0) is 4.57 Å². The Labute approximate surface area is 83.2 Å². The minimum absolute atomic E-state index is 0.119. The quantitative estimate of drug-likeness (QED) is 0.591. The predicted molar refractivity (Wildman–Crippen MR) is 57.2 cm³/mol. The molecule has 0 saturated carbocycles. The summed E-state index contributed by atoms with van der Waals surface area (Å²) >= 11 is 0. The van der Waals surface area contributed by atoms with Crippen molar-refractivity contribution in [1.29, 1.82) is 0 Å². The molecule has 3 nitrogen and oxygen atoms in total. The fourth-order valence-electron chi connectivity index (χ4n) is 1.15. The highest BCUT2D eigenvalue weighted by Gasteiger charge is 2.23. The average Bonchev–Trinajstić information content (AvgIpc) is 2.15. The maximum atomic E-state index is 11.7. The molecule has 0 amide bonds. The molecule has 1 aromatic rings. The van der Waals surface area contributed by atoms with Crippen LogP contribution in [0.3, 0.4) is 0 Å². The summed E-state index contributed by atoms with van der Waals surface area (Å²) in [6.07, 6.45) is 2.17. The lowest BCUT2D eigenvalue weighted by molar-refractivity contribution is 0.468. The van der Waals surface area contributed by atoms with Gasteiger partial charge in [-0.05, 0) is 18.6 Å². The molecular formula is C10H13O3P. The number of hydrogen-bond acceptors (Lipinski definition) is 2. The Balaban J connectivity index is 2.97. The van der Waals surface area contributed by atoms with Crippen LogP contribution in [0.15, 0.2) is 36.9 Å². The van der Waals surface area contributed by atoms with Crippen molar-refractivity contribution in [2.45, 2.75) is 6.42 Å². The largest absolute Gasteiger partial charge is 0.507 e. The van der Waals surface area contributed by atoms with Gasteiger partial charge < -0.3 is 10.00 Å². The summed E-state index contributed by atoms with van der Waals surface area (Å²) in [6.45, 7) is 3.49. The molecule has 0 aliphatic carbocycles. The monoisotopic (exact) mass is 212 g/mol. The third kappa shape index (κ3) is 2.47. The van der Waals surface area contributed by atoms with Crippen LogP contribution in [0, 0.1) is 0 Å². The highest BCUT2D eigenvalue weighted by molar-refractivity contribution is 7.66. The fraction of sp³-hybridized carbons (Fsp3) is 0.200. The van der Waals surface area contributed by atoms with Crippen LogP contribution in [0.4, 0.5) is 0 Å². The number of para-hydroxylation sites is 1. The van der Waals surface area contributed by atoms with Crippen molar-refractivity contribution in [2.75, 3.05) is 6.16 Å². The van der Waals surface area contributed by atoms with Gasteiger partial charge in [0.1, 0.15) is 5.75 Å². The van der Waals surface area contributed by atoms with E-state index in [9.17, 15) is 14.6 Å². The van der Waals surface area contributed by atoms with Gasteiger partial charge in [-0.2, -0.15) is 0 Å². The van der Waals surface area contributed by atoms with Crippen LogP contribution < -0.4 is 5.30 Å². The van der Waals surface area contributed by atoms with E-state index in [1.807, 2.05) is 0 Å². The molecule has 14 heavy (non-hydrogen) atoms. The lowest BCUT2D eigenvalue weighted by atomic mass is 10.3. The van der Waals surface area contributed by atoms with Crippen LogP contribution in [0.1, 0.15) is 6.42 Å². The first-order valence-corrected chi connectivity index (χ1v) is 6.13. The summed E-state index contributed by atoms with van der Waals surface area (Å²) in [7, 11) is -3.42. The summed E-state index contributed by atoms with van der Waals surface area (Å²) in [5.74, 6) is -0.123. The van der Waals surface area contributed by atoms with E-state index in [4.69, 9.17) is 0 Å². The molecule has 0 aromatic heterocycles. The second-order valence-corrected chi connectivity index (χ2v) is 5.32. The van der Waals surface area contributed by atoms with Crippen LogP contribution in [0.2, 0.25) is 0 Å². The number of phenols is 1. The zero-order chi connectivity index (χ0) is 10.6. The molecule has 2 N–H and O–H groups in total. The lowest BCUT2D eigenvalue weighted by Crippen LogP contribution is -2.07. The number of aromatic hydroxyl groups is 1. The van der Waals surface area contributed by atoms with Crippen molar-refractivity contribution < 1.29 is 14.6 Å². The van der Waals surface area contributed by atoms with Gasteiger partial charge in [0.15, 0.2) is 0 Å². The summed E-state index contributed by atoms with van der Waals surface area (Å²) in [5, 5.41) is 9.51. The highest BCUT2D eigenvalue weighted by atomic mass is 31.2. The van der Waals surface area contributed by atoms with Gasteiger partial charge in [-0.3, -0.25) is 4.57 Å². The Morgan fingerprint density at radius 3 is 2.64 bits per heavy atom. The van der Waals surface area contributed by atoms with Gasteiger partial charge in [0, 0.05) is 6.16 Å². The van der Waals surface area contributed by atoms with E-state index in [2.05, 4.69) is 6.58 Å². The van der Waals surface area contributed by atoms with Gasteiger partial charge in [-0.1, -0.05) is 18.2 Å². The SMILES string of the molecule is C=CCCP(=O)(O)c1ccccc1O. The third-order valence-electron chi connectivity index (χ3n) is 1.89. The van der Waals surface area contributed by atoms with Crippen LogP contribution in [-0.4, -0.2) is 16.2 Å². The van der Waals surface area contributed by atoms with E-state index in [0.29, 0.717) is 6.42 Å². The van der Waals surface area contributed by atoms with Crippen molar-refractivity contribution >= 4 is 12.7 Å². The number of benzene rings is 1. The van der Waals surface area contributed by atoms with Crippen LogP contribution in [0.25, 0.3) is 0 Å². The first-order chi connectivity index (χ1) is 6.58. The van der Waals surface area contributed by atoms with E-state index in [1.54, 1.807) is 18.2 Å². The summed E-state index contributed by atoms with van der Waals surface area (Å²) < 4.78 is 11.7. The van der Waals surface area contributed by atoms with Crippen LogP contribution >= 0.6 is 7.37 Å². The number of phenolic OH excluding ortho intramolecular Hbond substituents is 1. The summed E-state index contributed by atoms with van der Waals surface area (Å²) in [4.78, 5) is 9.65. The van der Waals surface area contributed by atoms with E-state index < -0.39 is 7.37 Å². The Kier molecular flexibility index (Phi) is 3.50. The average molecular weight is 212 g/mol. The smallest absolute Gasteiger partial charge is 0.233 e. The third-order valence-corrected chi connectivity index (χ3v) is 3.89. The zero-order valence-electron chi connectivity index (χ0n) is 7.76. The van der Waals surface area contributed by atoms with Gasteiger partial charge in [0.05, 0.1) is 5.30 Å². The molecular weight excluding hydrogens is 199 g/mol. The molecule has 1 atom stereocenters. The topological polar surface area (TPSA) is 57.5 Å². The second-order valence-electron chi connectivity index (χ2n) is 2.99. The van der Waals surface area contributed by atoms with Crippen LogP contribution in [0.5, 0.6) is 5.75 Å². The van der Waals surface area contributed by atoms with Crippen molar-refractivity contribution in [3.05, 3.63) is 36.9 Å². The van der Waals surface area contributed by atoms with Crippen molar-refractivity contribution in [2.24, 2.45) is 0 Å². The first-order valence-electron chi connectivity index (χ1n) is 4.29. The molecule has 1 rings (SSSR count). The standard InChI is InChI=1S/C10H13O3P/c1-2-3-8-14(12,13)10-7-5-4-6-9(10)11/h2,4-7,11H,1,3,8H2,(H,12,13). The molecule has 0 fully saturated rings. The minimum atomic E-state index is -3.42. The highest BCUT2D eigenvalue weighted by Crippen LogP contribution is 2.42. The molecule has 4 heteroatoms. The Bertz CT molecular complexity index is 373. The van der Waals surface area contributed by atoms with E-state index in [0.717, 1.165) is 0 Å². The Hall–Kier alpha value is -1.05. The summed E-state index contributed by atoms with van der Waals surface area (Å²) in [6, 6.07) is 6.13. The van der Waals surface area contributed by atoms with Crippen molar-refractivity contribution in [1.82, 2.24) is 0 Å². The zero-order valence-corrected chi connectivity index (χ0v) is 8.65. The summed E-state index contributed by atoms with van der Waals surface area (Å²) in [5.41, 5.74) is 0. The van der Waals surface area contributed by atoms with Gasteiger partial charge in [-0.25, -0.2) is 0 Å². The molecule has 1 aromatic carbocycles. The molecule has 76 valence electrons. The molecule has 0 heterocycles. The Morgan fingerprint density at radius 1 is 1.43 bits per heavy atom. The van der Waals surface area contributed by atoms with Gasteiger partial charge in [0.25, 0.3) is 0 Å². The number of rotatable bonds is 4. The van der Waals surface area contributed by atoms with Gasteiger partial charge in [-0.15, -0.1) is 6.58 Å². The predicted octanol–water partition coefficient (Wildman–Crippen LogP) is 1.86. The molecule has 1 unspecified atom stereocenters. The second kappa shape index (κ2) is 4.45. The van der Waals surface area contributed by atoms with Gasteiger partial charge >= 0.3 is 0 Å². The maximum Gasteiger partial charge on any atom is 0.233 e. The van der Waals surface area contributed by atoms with Crippen molar-refractivity contribution in [3.8, 4) is 5.75 Å². The maximum absolute atomic E-state index is 11.7. The minimum Gasteiger partial charge on any atom is -0.507 e. The van der Waals surface area contributed by atoms with Gasteiger partial charge in [0.2, 0.25) is 7.37 Å². The lowest BCUT2D eigenvalue weighted by Gasteiger charge is -2.11. The van der Waals surface area contributed by atoms with Crippen molar-refractivity contribution in [3.63, 3.8) is 0 Å². The van der Waals surface area contributed by atoms with E-state index in [1.165, 1.54) is 12.1 Å². The number of hydrogen-bond donors (Lipinski definition) is 2. The molecule has 0 spiro atoms. The normalized spacial score (nSPS) is 14.6. The Morgan fingerprint density at radius 2 is 2.07 bits per heavy atom. The molecule has 0 aliphatic heterocycles. The fourth-order valence-corrected chi connectivity index (χ4v) is 2.67. The molecule has 0 aliphatic rings. The van der Waals surface area contributed by atoms with E-state index >= 15 is 0 Å². The molecule has 0 saturated heterocycles. The number of allylic oxidation sites excluding steroid dienone is 1. The molecule has 0 radical (unpaired) electrons. The first kappa shape index (κ1) is 11.0. The molecule has 0 bridgehead atoms. The van der Waals surface area contributed by atoms with E-state index in [-0.39, 0.29) is 17.2 Å².